The highest BCUT2D eigenvalue weighted by Crippen LogP contribution is 2.43. The third-order valence-corrected chi connectivity index (χ3v) is 5.92. The Morgan fingerprint density at radius 2 is 2.04 bits per heavy atom. The number of hydrogen-bond acceptors (Lipinski definition) is 6. The molecule has 2 heterocycles. The molecule has 2 N–H and O–H groups in total. The van der Waals surface area contributed by atoms with E-state index in [1.807, 2.05) is 18.2 Å². The number of methoxy groups -OCH3 is 1. The minimum atomic E-state index is -0.373. The molecule has 4 rings (SSSR count). The van der Waals surface area contributed by atoms with E-state index in [-0.39, 0.29) is 12.1 Å². The second kappa shape index (κ2) is 6.95. The van der Waals surface area contributed by atoms with Gasteiger partial charge in [0, 0.05) is 18.1 Å². The van der Waals surface area contributed by atoms with Crippen molar-refractivity contribution in [2.45, 2.75) is 31.9 Å². The first-order valence-corrected chi connectivity index (χ1v) is 9.74. The highest BCUT2D eigenvalue weighted by Gasteiger charge is 2.41. The predicted octanol–water partition coefficient (Wildman–Crippen LogP) is 4.08. The number of thiophene rings is 1. The van der Waals surface area contributed by atoms with Gasteiger partial charge in [-0.25, -0.2) is 9.97 Å². The van der Waals surface area contributed by atoms with Crippen molar-refractivity contribution in [3.05, 3.63) is 41.5 Å². The van der Waals surface area contributed by atoms with Crippen LogP contribution < -0.4 is 5.32 Å². The number of aliphatic hydroxyl groups is 1. The fraction of sp³-hybridized carbons (Fsp3) is 0.400. The average Bonchev–Trinajstić information content (AvgIpc) is 3.43. The Hall–Kier alpha value is -2.02. The summed E-state index contributed by atoms with van der Waals surface area (Å²) >= 11 is 1.61. The summed E-state index contributed by atoms with van der Waals surface area (Å²) in [6.07, 6.45) is 2.27. The van der Waals surface area contributed by atoms with E-state index in [0.29, 0.717) is 18.3 Å². The molecule has 3 aromatic rings. The molecule has 2 aromatic heterocycles. The number of nitrogens with zero attached hydrogens (tertiary/aromatic N) is 2. The van der Waals surface area contributed by atoms with Crippen molar-refractivity contribution in [1.82, 2.24) is 9.97 Å². The molecule has 1 fully saturated rings. The number of benzene rings is 1. The Labute approximate surface area is 157 Å². The van der Waals surface area contributed by atoms with Crippen LogP contribution in [0.15, 0.2) is 35.7 Å². The molecule has 1 aliphatic rings. The average molecular weight is 369 g/mol. The van der Waals surface area contributed by atoms with Crippen molar-refractivity contribution >= 4 is 27.4 Å². The topological polar surface area (TPSA) is 67.3 Å². The van der Waals surface area contributed by atoms with E-state index in [0.717, 1.165) is 40.0 Å². The molecule has 6 heteroatoms. The first-order chi connectivity index (χ1) is 12.6. The molecule has 1 saturated carbocycles. The monoisotopic (exact) mass is 369 g/mol. The summed E-state index contributed by atoms with van der Waals surface area (Å²) in [5.74, 6) is 1.91. The van der Waals surface area contributed by atoms with Crippen molar-refractivity contribution in [3.63, 3.8) is 0 Å². The van der Waals surface area contributed by atoms with E-state index < -0.39 is 0 Å². The zero-order chi connectivity index (χ0) is 18.1. The third kappa shape index (κ3) is 3.20. The number of aromatic nitrogens is 2. The molecule has 5 nitrogen and oxygen atoms in total. The van der Waals surface area contributed by atoms with Crippen LogP contribution in [0.5, 0.6) is 0 Å². The highest BCUT2D eigenvalue weighted by molar-refractivity contribution is 7.17. The number of anilines is 1. The van der Waals surface area contributed by atoms with Crippen LogP contribution in [0.1, 0.15) is 25.6 Å². The molecule has 1 unspecified atom stereocenters. The minimum absolute atomic E-state index is 0.0770. The first-order valence-electron chi connectivity index (χ1n) is 8.86. The Kier molecular flexibility index (Phi) is 4.65. The van der Waals surface area contributed by atoms with Gasteiger partial charge in [-0.3, -0.25) is 0 Å². The lowest BCUT2D eigenvalue weighted by atomic mass is 9.96. The first kappa shape index (κ1) is 17.4. The van der Waals surface area contributed by atoms with E-state index >= 15 is 0 Å². The lowest BCUT2D eigenvalue weighted by Crippen LogP contribution is -2.41. The predicted molar refractivity (Wildman–Crippen MR) is 105 cm³/mol. The molecule has 0 radical (unpaired) electrons. The Bertz CT molecular complexity index is 908. The largest absolute Gasteiger partial charge is 0.394 e. The molecular formula is C20H23N3O2S. The lowest BCUT2D eigenvalue weighted by Gasteiger charge is -2.30. The van der Waals surface area contributed by atoms with E-state index in [9.17, 15) is 5.11 Å². The Morgan fingerprint density at radius 3 is 2.69 bits per heavy atom. The van der Waals surface area contributed by atoms with Crippen LogP contribution in [-0.4, -0.2) is 34.3 Å². The van der Waals surface area contributed by atoms with Crippen LogP contribution >= 0.6 is 11.3 Å². The lowest BCUT2D eigenvalue weighted by molar-refractivity contribution is 0.178. The molecule has 1 atom stereocenters. The van der Waals surface area contributed by atoms with Gasteiger partial charge >= 0.3 is 0 Å². The zero-order valence-electron chi connectivity index (χ0n) is 15.0. The summed E-state index contributed by atoms with van der Waals surface area (Å²) in [6, 6.07) is 10.3. The van der Waals surface area contributed by atoms with Crippen LogP contribution in [-0.2, 0) is 11.3 Å². The maximum absolute atomic E-state index is 10.0. The highest BCUT2D eigenvalue weighted by atomic mass is 32.1. The summed E-state index contributed by atoms with van der Waals surface area (Å²) in [6.45, 7) is 2.51. The van der Waals surface area contributed by atoms with Gasteiger partial charge < -0.3 is 15.2 Å². The van der Waals surface area contributed by atoms with Gasteiger partial charge in [-0.1, -0.05) is 30.3 Å². The van der Waals surface area contributed by atoms with Gasteiger partial charge in [0.25, 0.3) is 0 Å². The molecule has 0 amide bonds. The van der Waals surface area contributed by atoms with Crippen molar-refractivity contribution in [2.75, 3.05) is 19.0 Å². The van der Waals surface area contributed by atoms with Crippen LogP contribution in [0.3, 0.4) is 0 Å². The number of ether oxygens (including phenoxy) is 1. The van der Waals surface area contributed by atoms with Crippen molar-refractivity contribution in [2.24, 2.45) is 5.92 Å². The van der Waals surface area contributed by atoms with Crippen molar-refractivity contribution < 1.29 is 9.84 Å². The zero-order valence-corrected chi connectivity index (χ0v) is 15.8. The normalized spacial score (nSPS) is 16.6. The fourth-order valence-electron chi connectivity index (χ4n) is 3.36. The molecular weight excluding hydrogens is 346 g/mol. The summed E-state index contributed by atoms with van der Waals surface area (Å²) in [5, 5.41) is 16.7. The van der Waals surface area contributed by atoms with Crippen LogP contribution in [0.2, 0.25) is 0 Å². The fourth-order valence-corrected chi connectivity index (χ4v) is 4.33. The quantitative estimate of drug-likeness (QED) is 0.657. The van der Waals surface area contributed by atoms with Crippen LogP contribution in [0, 0.1) is 5.92 Å². The number of fused-ring (bicyclic) bond motifs is 1. The van der Waals surface area contributed by atoms with Gasteiger partial charge in [0.2, 0.25) is 0 Å². The maximum Gasteiger partial charge on any atom is 0.158 e. The molecule has 0 aliphatic heterocycles. The van der Waals surface area contributed by atoms with Gasteiger partial charge in [-0.2, -0.15) is 0 Å². The van der Waals surface area contributed by atoms with Gasteiger partial charge in [0.1, 0.15) is 17.3 Å². The van der Waals surface area contributed by atoms with E-state index in [4.69, 9.17) is 9.72 Å². The van der Waals surface area contributed by atoms with Crippen LogP contribution in [0.4, 0.5) is 5.82 Å². The van der Waals surface area contributed by atoms with E-state index in [2.05, 4.69) is 34.7 Å². The molecule has 1 aliphatic carbocycles. The number of nitrogens with one attached hydrogen (secondary N) is 1. The summed E-state index contributed by atoms with van der Waals surface area (Å²) in [7, 11) is 1.65. The van der Waals surface area contributed by atoms with Crippen molar-refractivity contribution in [3.8, 4) is 11.1 Å². The third-order valence-electron chi connectivity index (χ3n) is 5.05. The molecule has 1 aromatic carbocycles. The maximum atomic E-state index is 10.0. The van der Waals surface area contributed by atoms with E-state index in [1.165, 1.54) is 0 Å². The standard InChI is InChI=1S/C20H23N3O2S/c1-20(12-24,14-8-9-14)23-18-17-15(13-6-4-3-5-7-13)11-26-19(17)22-16(21-18)10-25-2/h3-7,11,14,24H,8-10,12H2,1-2H3,(H,21,22,23). The number of aliphatic hydroxyl groups excluding tert-OH is 1. The minimum Gasteiger partial charge on any atom is -0.394 e. The van der Waals surface area contributed by atoms with Gasteiger partial charge in [0.15, 0.2) is 5.82 Å². The number of rotatable bonds is 7. The van der Waals surface area contributed by atoms with Gasteiger partial charge in [0.05, 0.1) is 17.5 Å². The summed E-state index contributed by atoms with van der Waals surface area (Å²) in [4.78, 5) is 10.3. The second-order valence-corrected chi connectivity index (χ2v) is 7.95. The second-order valence-electron chi connectivity index (χ2n) is 7.09. The van der Waals surface area contributed by atoms with Crippen molar-refractivity contribution in [1.29, 1.82) is 0 Å². The SMILES string of the molecule is COCc1nc(NC(C)(CO)C2CC2)c2c(-c3ccccc3)csc2n1. The molecule has 0 spiro atoms. The van der Waals surface area contributed by atoms with E-state index in [1.54, 1.807) is 18.4 Å². The summed E-state index contributed by atoms with van der Waals surface area (Å²) < 4.78 is 5.24. The van der Waals surface area contributed by atoms with Gasteiger partial charge in [-0.15, -0.1) is 11.3 Å². The smallest absolute Gasteiger partial charge is 0.158 e. The molecule has 136 valence electrons. The molecule has 0 bridgehead atoms. The summed E-state index contributed by atoms with van der Waals surface area (Å²) in [5.41, 5.74) is 1.89. The molecule has 0 saturated heterocycles. The van der Waals surface area contributed by atoms with Gasteiger partial charge in [-0.05, 0) is 31.2 Å². The van der Waals surface area contributed by atoms with Crippen LogP contribution in [0.25, 0.3) is 21.3 Å². The number of hydrogen-bond donors (Lipinski definition) is 2. The Morgan fingerprint density at radius 1 is 1.27 bits per heavy atom. The Balaban J connectivity index is 1.86. The molecule has 26 heavy (non-hydrogen) atoms.